The van der Waals surface area contributed by atoms with Crippen LogP contribution in [-0.2, 0) is 15.3 Å². The zero-order valence-corrected chi connectivity index (χ0v) is 12.2. The van der Waals surface area contributed by atoms with Crippen molar-refractivity contribution in [2.24, 2.45) is 5.73 Å². The maximum absolute atomic E-state index is 11.0. The van der Waals surface area contributed by atoms with Gasteiger partial charge in [0.1, 0.15) is 6.04 Å². The Hall–Kier alpha value is -0.0400. The molecule has 1 aromatic rings. The van der Waals surface area contributed by atoms with E-state index >= 15 is 0 Å². The number of methoxy groups -OCH3 is 1. The van der Waals surface area contributed by atoms with E-state index in [0.29, 0.717) is 6.42 Å². The minimum atomic E-state index is -0.493. The first kappa shape index (κ1) is 14.0. The van der Waals surface area contributed by atoms with Crippen LogP contribution >= 0.6 is 39.0 Å². The van der Waals surface area contributed by atoms with E-state index in [0.717, 1.165) is 15.3 Å². The van der Waals surface area contributed by atoms with Crippen LogP contribution in [0.5, 0.6) is 0 Å². The molecule has 90 valence electrons. The molecule has 0 aliphatic heterocycles. The molecular weight excluding hydrogens is 310 g/mol. The molecule has 0 amide bonds. The topological polar surface area (TPSA) is 52.3 Å². The number of carbonyl (C=O) groups is 1. The standard InChI is InChI=1S/C10H14BrNO2S2/c1-14-10(13)8(12)4-5-15-6-7-2-3-9(11)16-7/h2-3,8H,4-6,12H2,1H3. The average molecular weight is 324 g/mol. The predicted molar refractivity (Wildman–Crippen MR) is 72.8 cm³/mol. The van der Waals surface area contributed by atoms with Gasteiger partial charge in [-0.05, 0) is 40.2 Å². The number of esters is 1. The van der Waals surface area contributed by atoms with E-state index in [2.05, 4.69) is 26.7 Å². The number of halogens is 1. The van der Waals surface area contributed by atoms with Crippen LogP contribution < -0.4 is 5.73 Å². The molecule has 6 heteroatoms. The van der Waals surface area contributed by atoms with Crippen LogP contribution in [0.1, 0.15) is 11.3 Å². The van der Waals surface area contributed by atoms with Gasteiger partial charge in [-0.1, -0.05) is 0 Å². The van der Waals surface area contributed by atoms with Gasteiger partial charge in [0.2, 0.25) is 0 Å². The lowest BCUT2D eigenvalue weighted by Gasteiger charge is -2.07. The van der Waals surface area contributed by atoms with E-state index in [-0.39, 0.29) is 5.97 Å². The number of thiophene rings is 1. The molecular formula is C10H14BrNO2S2. The van der Waals surface area contributed by atoms with Gasteiger partial charge < -0.3 is 10.5 Å². The molecule has 0 spiro atoms. The lowest BCUT2D eigenvalue weighted by atomic mass is 10.2. The van der Waals surface area contributed by atoms with Gasteiger partial charge in [0.15, 0.2) is 0 Å². The summed E-state index contributed by atoms with van der Waals surface area (Å²) in [5.41, 5.74) is 5.62. The smallest absolute Gasteiger partial charge is 0.322 e. The van der Waals surface area contributed by atoms with Crippen LogP contribution in [0.15, 0.2) is 15.9 Å². The summed E-state index contributed by atoms with van der Waals surface area (Å²) in [6, 6.07) is 3.65. The second-order valence-electron chi connectivity index (χ2n) is 3.18. The van der Waals surface area contributed by atoms with Gasteiger partial charge in [-0.2, -0.15) is 11.8 Å². The lowest BCUT2D eigenvalue weighted by Crippen LogP contribution is -2.31. The zero-order chi connectivity index (χ0) is 12.0. The van der Waals surface area contributed by atoms with E-state index in [9.17, 15) is 4.79 Å². The normalized spacial score (nSPS) is 12.4. The minimum absolute atomic E-state index is 0.334. The molecule has 1 atom stereocenters. The van der Waals surface area contributed by atoms with Crippen molar-refractivity contribution in [1.82, 2.24) is 0 Å². The Morgan fingerprint density at radius 2 is 2.44 bits per heavy atom. The molecule has 0 radical (unpaired) electrons. The summed E-state index contributed by atoms with van der Waals surface area (Å²) in [7, 11) is 1.36. The molecule has 0 saturated carbocycles. The molecule has 0 aliphatic rings. The van der Waals surface area contributed by atoms with Crippen molar-refractivity contribution in [1.29, 1.82) is 0 Å². The minimum Gasteiger partial charge on any atom is -0.468 e. The molecule has 1 unspecified atom stereocenters. The van der Waals surface area contributed by atoms with Gasteiger partial charge in [-0.3, -0.25) is 4.79 Å². The summed E-state index contributed by atoms with van der Waals surface area (Å²) in [4.78, 5) is 12.3. The van der Waals surface area contributed by atoms with Crippen LogP contribution in [0.25, 0.3) is 0 Å². The van der Waals surface area contributed by atoms with Crippen molar-refractivity contribution in [3.8, 4) is 0 Å². The van der Waals surface area contributed by atoms with Gasteiger partial charge >= 0.3 is 5.97 Å². The molecule has 0 aliphatic carbocycles. The Morgan fingerprint density at radius 1 is 1.69 bits per heavy atom. The summed E-state index contributed by atoms with van der Waals surface area (Å²) in [6.07, 6.45) is 0.657. The summed E-state index contributed by atoms with van der Waals surface area (Å²) >= 11 is 6.93. The third-order valence-electron chi connectivity index (χ3n) is 1.95. The molecule has 16 heavy (non-hydrogen) atoms. The molecule has 2 N–H and O–H groups in total. The second-order valence-corrected chi connectivity index (χ2v) is 6.83. The van der Waals surface area contributed by atoms with Crippen molar-refractivity contribution in [2.45, 2.75) is 18.2 Å². The van der Waals surface area contributed by atoms with Gasteiger partial charge in [0, 0.05) is 10.6 Å². The van der Waals surface area contributed by atoms with Crippen molar-refractivity contribution in [3.63, 3.8) is 0 Å². The summed E-state index contributed by atoms with van der Waals surface area (Å²) in [6.45, 7) is 0. The number of rotatable bonds is 6. The fourth-order valence-electron chi connectivity index (χ4n) is 1.08. The maximum Gasteiger partial charge on any atom is 0.322 e. The Bertz CT molecular complexity index is 343. The first-order valence-corrected chi connectivity index (χ1v) is 7.55. The van der Waals surface area contributed by atoms with Gasteiger partial charge in [-0.15, -0.1) is 11.3 Å². The molecule has 1 rings (SSSR count). The highest BCUT2D eigenvalue weighted by Gasteiger charge is 2.12. The van der Waals surface area contributed by atoms with Crippen LogP contribution in [0.3, 0.4) is 0 Å². The fourth-order valence-corrected chi connectivity index (χ4v) is 3.71. The Labute approximate surface area is 112 Å². The predicted octanol–water partition coefficient (Wildman–Crippen LogP) is 2.63. The number of hydrogen-bond donors (Lipinski definition) is 1. The third-order valence-corrected chi connectivity index (χ3v) is 4.80. The first-order valence-electron chi connectivity index (χ1n) is 4.79. The van der Waals surface area contributed by atoms with Crippen LogP contribution in [0.2, 0.25) is 0 Å². The summed E-state index contributed by atoms with van der Waals surface area (Å²) in [5, 5.41) is 0. The monoisotopic (exact) mass is 323 g/mol. The number of thioether (sulfide) groups is 1. The fraction of sp³-hybridized carbons (Fsp3) is 0.500. The average Bonchev–Trinajstić information content (AvgIpc) is 2.69. The van der Waals surface area contributed by atoms with Crippen molar-refractivity contribution < 1.29 is 9.53 Å². The van der Waals surface area contributed by atoms with Crippen molar-refractivity contribution >= 4 is 45.0 Å². The van der Waals surface area contributed by atoms with E-state index < -0.39 is 6.04 Å². The largest absolute Gasteiger partial charge is 0.468 e. The highest BCUT2D eigenvalue weighted by atomic mass is 79.9. The number of nitrogens with two attached hydrogens (primary N) is 1. The molecule has 0 saturated heterocycles. The Balaban J connectivity index is 2.14. The van der Waals surface area contributed by atoms with Crippen molar-refractivity contribution in [3.05, 3.63) is 20.8 Å². The first-order chi connectivity index (χ1) is 7.63. The van der Waals surface area contributed by atoms with E-state index in [1.54, 1.807) is 23.1 Å². The quantitative estimate of drug-likeness (QED) is 0.646. The van der Waals surface area contributed by atoms with Crippen LogP contribution in [-0.4, -0.2) is 24.9 Å². The SMILES string of the molecule is COC(=O)C(N)CCSCc1ccc(Br)s1. The third kappa shape index (κ3) is 4.86. The summed E-state index contributed by atoms with van der Waals surface area (Å²) < 4.78 is 5.70. The lowest BCUT2D eigenvalue weighted by molar-refractivity contribution is -0.142. The maximum atomic E-state index is 11.0. The Kier molecular flexibility index (Phi) is 6.41. The molecule has 0 aromatic carbocycles. The zero-order valence-electron chi connectivity index (χ0n) is 8.94. The van der Waals surface area contributed by atoms with Crippen molar-refractivity contribution in [2.75, 3.05) is 12.9 Å². The highest BCUT2D eigenvalue weighted by molar-refractivity contribution is 9.11. The highest BCUT2D eigenvalue weighted by Crippen LogP contribution is 2.25. The Morgan fingerprint density at radius 3 is 3.00 bits per heavy atom. The van der Waals surface area contributed by atoms with Gasteiger partial charge in [0.25, 0.3) is 0 Å². The van der Waals surface area contributed by atoms with E-state index in [1.165, 1.54) is 12.0 Å². The van der Waals surface area contributed by atoms with Gasteiger partial charge in [0.05, 0.1) is 10.9 Å². The van der Waals surface area contributed by atoms with Crippen LogP contribution in [0, 0.1) is 0 Å². The molecule has 1 aromatic heterocycles. The van der Waals surface area contributed by atoms with Gasteiger partial charge in [-0.25, -0.2) is 0 Å². The molecule has 0 fully saturated rings. The number of carbonyl (C=O) groups excluding carboxylic acids is 1. The molecule has 3 nitrogen and oxygen atoms in total. The van der Waals surface area contributed by atoms with E-state index in [1.807, 2.05) is 6.07 Å². The van der Waals surface area contributed by atoms with E-state index in [4.69, 9.17) is 5.73 Å². The number of hydrogen-bond acceptors (Lipinski definition) is 5. The second kappa shape index (κ2) is 7.32. The molecule has 1 heterocycles. The molecule has 0 bridgehead atoms. The summed E-state index contributed by atoms with van der Waals surface area (Å²) in [5.74, 6) is 1.50. The number of ether oxygens (including phenoxy) is 1. The van der Waals surface area contributed by atoms with Crippen LogP contribution in [0.4, 0.5) is 0 Å².